The van der Waals surface area contributed by atoms with Crippen molar-refractivity contribution in [2.24, 2.45) is 0 Å². The summed E-state index contributed by atoms with van der Waals surface area (Å²) < 4.78 is 14.2. The number of thiazole rings is 1. The van der Waals surface area contributed by atoms with E-state index >= 15 is 0 Å². The first kappa shape index (κ1) is 12.7. The molecule has 0 aliphatic heterocycles. The first-order valence-electron chi connectivity index (χ1n) is 5.48. The molecule has 1 unspecified atom stereocenters. The summed E-state index contributed by atoms with van der Waals surface area (Å²) in [4.78, 5) is 5.90. The highest BCUT2D eigenvalue weighted by atomic mass is 35.5. The third-order valence-corrected chi connectivity index (χ3v) is 5.07. The Kier molecular flexibility index (Phi) is 3.30. The molecule has 0 aliphatic carbocycles. The van der Waals surface area contributed by atoms with Crippen LogP contribution in [-0.2, 0) is 16.6 Å². The predicted molar refractivity (Wildman–Crippen MR) is 79.0 cm³/mol. The Morgan fingerprint density at radius 3 is 3.05 bits per heavy atom. The topological polar surface area (TPSA) is 60.4 Å². The highest BCUT2D eigenvalue weighted by Crippen LogP contribution is 2.23. The number of nitrogen functional groups attached to an aromatic ring is 1. The quantitative estimate of drug-likeness (QED) is 0.757. The molecule has 0 bridgehead atoms. The summed E-state index contributed by atoms with van der Waals surface area (Å²) >= 11 is 7.37. The molecule has 98 valence electrons. The van der Waals surface area contributed by atoms with E-state index in [0.29, 0.717) is 21.4 Å². The Bertz CT molecular complexity index is 737. The van der Waals surface area contributed by atoms with Gasteiger partial charge >= 0.3 is 0 Å². The van der Waals surface area contributed by atoms with Gasteiger partial charge in [0.1, 0.15) is 0 Å². The van der Waals surface area contributed by atoms with Gasteiger partial charge in [-0.15, -0.1) is 11.3 Å². The van der Waals surface area contributed by atoms with E-state index in [1.54, 1.807) is 29.5 Å². The van der Waals surface area contributed by atoms with Gasteiger partial charge < -0.3 is 5.73 Å². The molecule has 19 heavy (non-hydrogen) atoms. The van der Waals surface area contributed by atoms with Crippen LogP contribution in [0.2, 0.25) is 5.02 Å². The van der Waals surface area contributed by atoms with Crippen LogP contribution in [0.15, 0.2) is 40.9 Å². The zero-order valence-corrected chi connectivity index (χ0v) is 12.1. The van der Waals surface area contributed by atoms with E-state index in [1.165, 1.54) is 0 Å². The number of rotatable bonds is 3. The van der Waals surface area contributed by atoms with E-state index in [9.17, 15) is 4.21 Å². The Morgan fingerprint density at radius 2 is 2.32 bits per heavy atom. The molecular weight excluding hydrogens is 302 g/mol. The fraction of sp³-hybridized carbons (Fsp3) is 0.0833. The van der Waals surface area contributed by atoms with Crippen LogP contribution in [0.4, 0.5) is 5.69 Å². The monoisotopic (exact) mass is 311 g/mol. The van der Waals surface area contributed by atoms with Crippen LogP contribution in [0.5, 0.6) is 0 Å². The molecule has 0 fully saturated rings. The van der Waals surface area contributed by atoms with E-state index in [1.807, 2.05) is 22.2 Å². The van der Waals surface area contributed by atoms with Gasteiger partial charge in [-0.25, -0.2) is 4.98 Å². The number of hydrogen-bond acceptors (Lipinski definition) is 4. The van der Waals surface area contributed by atoms with Crippen LogP contribution in [-0.4, -0.2) is 13.6 Å². The Labute approximate surface area is 121 Å². The lowest BCUT2D eigenvalue weighted by Crippen LogP contribution is -2.01. The van der Waals surface area contributed by atoms with Crippen molar-refractivity contribution in [3.63, 3.8) is 0 Å². The minimum atomic E-state index is -1.22. The predicted octanol–water partition coefficient (Wildman–Crippen LogP) is 2.94. The second kappa shape index (κ2) is 4.96. The average molecular weight is 312 g/mol. The van der Waals surface area contributed by atoms with Crippen LogP contribution in [0.25, 0.3) is 4.96 Å². The van der Waals surface area contributed by atoms with E-state index in [0.717, 1.165) is 10.7 Å². The maximum Gasteiger partial charge on any atom is 0.193 e. The zero-order valence-electron chi connectivity index (χ0n) is 9.75. The number of nitrogens with zero attached hydrogens (tertiary/aromatic N) is 2. The second-order valence-corrected chi connectivity index (χ2v) is 6.73. The molecule has 0 spiro atoms. The summed E-state index contributed by atoms with van der Waals surface area (Å²) in [7, 11) is -1.22. The minimum absolute atomic E-state index is 0.347. The number of nitrogens with two attached hydrogens (primary N) is 1. The second-order valence-electron chi connectivity index (χ2n) is 4.00. The summed E-state index contributed by atoms with van der Waals surface area (Å²) in [5.41, 5.74) is 7.07. The maximum atomic E-state index is 12.3. The SMILES string of the molecule is Nc1cc(Cl)ccc1S(=O)Cc1cn2ccsc2n1. The molecular formula is C12H10ClN3OS2. The molecule has 7 heteroatoms. The fourth-order valence-corrected chi connectivity index (χ4v) is 3.79. The lowest BCUT2D eigenvalue weighted by atomic mass is 10.3. The third kappa shape index (κ3) is 2.51. The first-order chi connectivity index (χ1) is 9.13. The van der Waals surface area contributed by atoms with Gasteiger partial charge in [0.15, 0.2) is 4.96 Å². The zero-order chi connectivity index (χ0) is 13.4. The van der Waals surface area contributed by atoms with Crippen LogP contribution in [0.3, 0.4) is 0 Å². The molecule has 4 nitrogen and oxygen atoms in total. The molecule has 0 radical (unpaired) electrons. The number of hydrogen-bond donors (Lipinski definition) is 1. The van der Waals surface area contributed by atoms with Crippen molar-refractivity contribution in [2.45, 2.75) is 10.6 Å². The Balaban J connectivity index is 1.86. The molecule has 2 N–H and O–H groups in total. The molecule has 1 aromatic carbocycles. The lowest BCUT2D eigenvalue weighted by molar-refractivity contribution is 0.682. The number of imidazole rings is 1. The van der Waals surface area contributed by atoms with Crippen LogP contribution in [0.1, 0.15) is 5.69 Å². The number of halogens is 1. The van der Waals surface area contributed by atoms with Crippen molar-refractivity contribution >= 4 is 44.4 Å². The fourth-order valence-electron chi connectivity index (χ4n) is 1.78. The summed E-state index contributed by atoms with van der Waals surface area (Å²) in [5, 5.41) is 2.50. The molecule has 2 heterocycles. The Hall–Kier alpha value is -1.37. The number of benzene rings is 1. The van der Waals surface area contributed by atoms with Gasteiger partial charge in [0.25, 0.3) is 0 Å². The number of fused-ring (bicyclic) bond motifs is 1. The minimum Gasteiger partial charge on any atom is -0.398 e. The number of anilines is 1. The summed E-state index contributed by atoms with van der Waals surface area (Å²) in [6.45, 7) is 0. The largest absolute Gasteiger partial charge is 0.398 e. The highest BCUT2D eigenvalue weighted by molar-refractivity contribution is 7.84. The van der Waals surface area contributed by atoms with Crippen molar-refractivity contribution in [3.8, 4) is 0 Å². The van der Waals surface area contributed by atoms with Crippen molar-refractivity contribution in [2.75, 3.05) is 5.73 Å². The van der Waals surface area contributed by atoms with E-state index in [2.05, 4.69) is 4.98 Å². The molecule has 0 aliphatic rings. The van der Waals surface area contributed by atoms with Crippen molar-refractivity contribution in [3.05, 3.63) is 46.7 Å². The van der Waals surface area contributed by atoms with Gasteiger partial charge in [-0.2, -0.15) is 0 Å². The normalized spacial score (nSPS) is 12.9. The average Bonchev–Trinajstić information content (AvgIpc) is 2.89. The van der Waals surface area contributed by atoms with Crippen LogP contribution in [0, 0.1) is 0 Å². The van der Waals surface area contributed by atoms with Gasteiger partial charge in [-0.3, -0.25) is 8.61 Å². The molecule has 3 rings (SSSR count). The molecule has 0 saturated heterocycles. The summed E-state index contributed by atoms with van der Waals surface area (Å²) in [6.07, 6.45) is 3.81. The van der Waals surface area contributed by atoms with Crippen LogP contribution < -0.4 is 5.73 Å². The molecule has 2 aromatic heterocycles. The Morgan fingerprint density at radius 1 is 1.47 bits per heavy atom. The number of aromatic nitrogens is 2. The first-order valence-corrected chi connectivity index (χ1v) is 8.05. The van der Waals surface area contributed by atoms with Gasteiger partial charge in [0.2, 0.25) is 0 Å². The van der Waals surface area contributed by atoms with Crippen molar-refractivity contribution < 1.29 is 4.21 Å². The maximum absolute atomic E-state index is 12.3. The molecule has 0 amide bonds. The highest BCUT2D eigenvalue weighted by Gasteiger charge is 2.12. The lowest BCUT2D eigenvalue weighted by Gasteiger charge is -2.04. The molecule has 3 aromatic rings. The molecule has 1 atom stereocenters. The van der Waals surface area contributed by atoms with Crippen LogP contribution >= 0.6 is 22.9 Å². The summed E-state index contributed by atoms with van der Waals surface area (Å²) in [5.74, 6) is 0.347. The van der Waals surface area contributed by atoms with Crippen molar-refractivity contribution in [1.82, 2.24) is 9.38 Å². The van der Waals surface area contributed by atoms with Gasteiger partial charge in [0, 0.05) is 28.5 Å². The van der Waals surface area contributed by atoms with Gasteiger partial charge in [0.05, 0.1) is 27.1 Å². The smallest absolute Gasteiger partial charge is 0.193 e. The van der Waals surface area contributed by atoms with Crippen molar-refractivity contribution in [1.29, 1.82) is 0 Å². The van der Waals surface area contributed by atoms with E-state index in [-0.39, 0.29) is 0 Å². The van der Waals surface area contributed by atoms with E-state index in [4.69, 9.17) is 17.3 Å². The third-order valence-electron chi connectivity index (χ3n) is 2.64. The standard InChI is InChI=1S/C12H10ClN3OS2/c13-8-1-2-11(10(14)5-8)19(17)7-9-6-16-3-4-18-12(16)15-9/h1-6H,7,14H2. The molecule has 0 saturated carbocycles. The van der Waals surface area contributed by atoms with Gasteiger partial charge in [-0.05, 0) is 18.2 Å². The summed E-state index contributed by atoms with van der Waals surface area (Å²) in [6, 6.07) is 5.00. The van der Waals surface area contributed by atoms with E-state index < -0.39 is 10.8 Å². The van der Waals surface area contributed by atoms with Gasteiger partial charge in [-0.1, -0.05) is 11.6 Å².